The Kier molecular flexibility index (Phi) is 3.80. The van der Waals surface area contributed by atoms with Gasteiger partial charge in [0.05, 0.1) is 28.2 Å². The van der Waals surface area contributed by atoms with Gasteiger partial charge in [0.15, 0.2) is 0 Å². The molecule has 1 aliphatic heterocycles. The summed E-state index contributed by atoms with van der Waals surface area (Å²) in [6, 6.07) is 22.0. The van der Waals surface area contributed by atoms with Gasteiger partial charge < -0.3 is 10.3 Å². The van der Waals surface area contributed by atoms with E-state index in [9.17, 15) is 9.59 Å². The van der Waals surface area contributed by atoms with Gasteiger partial charge in [0.2, 0.25) is 0 Å². The Balaban J connectivity index is 1.61. The summed E-state index contributed by atoms with van der Waals surface area (Å²) in [7, 11) is 0. The van der Waals surface area contributed by atoms with E-state index in [1.807, 2.05) is 48.7 Å². The molecule has 6 nitrogen and oxygen atoms in total. The molecule has 0 radical (unpaired) electrons. The van der Waals surface area contributed by atoms with Crippen LogP contribution in [0.4, 0.5) is 0 Å². The maximum absolute atomic E-state index is 13.5. The normalized spacial score (nSPS) is 15.4. The summed E-state index contributed by atoms with van der Waals surface area (Å²) in [5.41, 5.74) is 3.55. The molecule has 1 atom stereocenters. The number of carbonyl (C=O) groups excluding carboxylic acids is 1. The first kappa shape index (κ1) is 17.7. The van der Waals surface area contributed by atoms with E-state index >= 15 is 0 Å². The van der Waals surface area contributed by atoms with Crippen LogP contribution >= 0.6 is 0 Å². The minimum absolute atomic E-state index is 0.173. The van der Waals surface area contributed by atoms with Crippen LogP contribution in [-0.4, -0.2) is 20.4 Å². The highest BCUT2D eigenvalue weighted by Gasteiger charge is 2.30. The predicted molar refractivity (Wildman–Crippen MR) is 120 cm³/mol. The van der Waals surface area contributed by atoms with Crippen LogP contribution in [0.15, 0.2) is 83.8 Å². The Morgan fingerprint density at radius 1 is 0.871 bits per heavy atom. The number of hydrogen-bond donors (Lipinski definition) is 2. The molecule has 0 saturated heterocycles. The smallest absolute Gasteiger partial charge is 0.266 e. The van der Waals surface area contributed by atoms with Gasteiger partial charge in [-0.1, -0.05) is 42.5 Å². The van der Waals surface area contributed by atoms with E-state index in [1.54, 1.807) is 28.8 Å². The van der Waals surface area contributed by atoms with E-state index in [1.165, 1.54) is 0 Å². The number of nitrogens with one attached hydrogen (secondary N) is 2. The lowest BCUT2D eigenvalue weighted by Gasteiger charge is -2.19. The molecule has 150 valence electrons. The highest BCUT2D eigenvalue weighted by Crippen LogP contribution is 2.29. The monoisotopic (exact) mass is 406 g/mol. The van der Waals surface area contributed by atoms with Crippen LogP contribution in [0.1, 0.15) is 27.8 Å². The summed E-state index contributed by atoms with van der Waals surface area (Å²) in [5.74, 6) is 0.321. The Morgan fingerprint density at radius 2 is 1.61 bits per heavy atom. The average Bonchev–Trinajstić information content (AvgIpc) is 3.16. The van der Waals surface area contributed by atoms with Crippen molar-refractivity contribution in [1.29, 1.82) is 0 Å². The average molecular weight is 406 g/mol. The summed E-state index contributed by atoms with van der Waals surface area (Å²) >= 11 is 0. The molecule has 6 heteroatoms. The molecular weight excluding hydrogens is 388 g/mol. The topological polar surface area (TPSA) is 79.8 Å². The Hall–Kier alpha value is -4.19. The van der Waals surface area contributed by atoms with Gasteiger partial charge in [0.1, 0.15) is 5.82 Å². The third-order valence-electron chi connectivity index (χ3n) is 5.91. The first-order chi connectivity index (χ1) is 15.2. The molecule has 0 aliphatic carbocycles. The third kappa shape index (κ3) is 2.69. The predicted octanol–water partition coefficient (Wildman–Crippen LogP) is 3.89. The summed E-state index contributed by atoms with van der Waals surface area (Å²) in [4.78, 5) is 34.8. The molecule has 1 aliphatic rings. The number of benzene rings is 3. The van der Waals surface area contributed by atoms with Crippen LogP contribution < -0.4 is 10.9 Å². The highest BCUT2D eigenvalue weighted by atomic mass is 16.2. The molecule has 3 heterocycles. The van der Waals surface area contributed by atoms with E-state index in [4.69, 9.17) is 4.98 Å². The Labute approximate surface area is 177 Å². The fourth-order valence-corrected chi connectivity index (χ4v) is 4.44. The first-order valence-electron chi connectivity index (χ1n) is 10.2. The highest BCUT2D eigenvalue weighted by molar-refractivity contribution is 5.99. The number of carbonyl (C=O) groups is 1. The van der Waals surface area contributed by atoms with Crippen molar-refractivity contribution in [2.45, 2.75) is 12.5 Å². The molecule has 0 bridgehead atoms. The SMILES string of the molecule is O=C1NC(Cc2c[nH]c3ccccc23)c2nc3ccccc3c(=O)n2-c2ccccc21. The molecule has 0 saturated carbocycles. The maximum atomic E-state index is 13.5. The number of amides is 1. The molecule has 0 spiro atoms. The van der Waals surface area contributed by atoms with Gasteiger partial charge in [-0.3, -0.25) is 14.2 Å². The number of para-hydroxylation sites is 3. The van der Waals surface area contributed by atoms with Gasteiger partial charge in [-0.2, -0.15) is 0 Å². The van der Waals surface area contributed by atoms with E-state index in [0.29, 0.717) is 34.4 Å². The van der Waals surface area contributed by atoms with E-state index < -0.39 is 6.04 Å². The van der Waals surface area contributed by atoms with Crippen molar-refractivity contribution < 1.29 is 4.79 Å². The molecule has 5 aromatic rings. The van der Waals surface area contributed by atoms with Crippen molar-refractivity contribution in [3.05, 3.63) is 106 Å². The van der Waals surface area contributed by atoms with Crippen LogP contribution in [0.5, 0.6) is 0 Å². The van der Waals surface area contributed by atoms with Crippen LogP contribution in [0.3, 0.4) is 0 Å². The lowest BCUT2D eigenvalue weighted by atomic mass is 10.0. The standard InChI is InChI=1S/C25H18N4O2/c30-24-18-9-3-6-12-22(18)29-23(27-20-11-5-2-8-17(20)25(29)31)21(28-24)13-15-14-26-19-10-4-1-7-16(15)19/h1-12,14,21,26H,13H2,(H,28,30). The number of aromatic nitrogens is 3. The third-order valence-corrected chi connectivity index (χ3v) is 5.91. The van der Waals surface area contributed by atoms with E-state index in [2.05, 4.69) is 16.4 Å². The summed E-state index contributed by atoms with van der Waals surface area (Å²) < 4.78 is 1.59. The Bertz CT molecular complexity index is 1550. The zero-order chi connectivity index (χ0) is 20.9. The summed E-state index contributed by atoms with van der Waals surface area (Å²) in [6.07, 6.45) is 2.47. The van der Waals surface area contributed by atoms with Gasteiger partial charge in [-0.15, -0.1) is 0 Å². The molecule has 3 aromatic carbocycles. The van der Waals surface area contributed by atoms with Crippen molar-refractivity contribution in [1.82, 2.24) is 19.9 Å². The molecule has 31 heavy (non-hydrogen) atoms. The van der Waals surface area contributed by atoms with Crippen LogP contribution in [0, 0.1) is 0 Å². The van der Waals surface area contributed by atoms with Gasteiger partial charge in [0.25, 0.3) is 11.5 Å². The number of hydrogen-bond acceptors (Lipinski definition) is 3. The molecule has 1 amide bonds. The second-order valence-electron chi connectivity index (χ2n) is 7.73. The van der Waals surface area contributed by atoms with Crippen molar-refractivity contribution in [3.8, 4) is 5.69 Å². The quantitative estimate of drug-likeness (QED) is 0.467. The lowest BCUT2D eigenvalue weighted by molar-refractivity contribution is 0.0938. The number of H-pyrrole nitrogens is 1. The maximum Gasteiger partial charge on any atom is 0.266 e. The zero-order valence-corrected chi connectivity index (χ0v) is 16.5. The second-order valence-corrected chi connectivity index (χ2v) is 7.73. The van der Waals surface area contributed by atoms with Crippen molar-refractivity contribution >= 4 is 27.7 Å². The lowest BCUT2D eigenvalue weighted by Crippen LogP contribution is -2.31. The number of fused-ring (bicyclic) bond motifs is 5. The van der Waals surface area contributed by atoms with E-state index in [-0.39, 0.29) is 11.5 Å². The molecule has 2 N–H and O–H groups in total. The van der Waals surface area contributed by atoms with Crippen molar-refractivity contribution in [2.75, 3.05) is 0 Å². The van der Waals surface area contributed by atoms with Gasteiger partial charge in [-0.25, -0.2) is 4.98 Å². The van der Waals surface area contributed by atoms with Crippen LogP contribution in [-0.2, 0) is 6.42 Å². The largest absolute Gasteiger partial charge is 0.361 e. The fraction of sp³-hybridized carbons (Fsp3) is 0.0800. The van der Waals surface area contributed by atoms with Crippen LogP contribution in [0.2, 0.25) is 0 Å². The minimum atomic E-state index is -0.462. The second kappa shape index (κ2) is 6.67. The zero-order valence-electron chi connectivity index (χ0n) is 16.5. The van der Waals surface area contributed by atoms with Gasteiger partial charge >= 0.3 is 0 Å². The fourth-order valence-electron chi connectivity index (χ4n) is 4.44. The molecule has 6 rings (SSSR count). The van der Waals surface area contributed by atoms with Crippen molar-refractivity contribution in [2.24, 2.45) is 0 Å². The van der Waals surface area contributed by atoms with Crippen LogP contribution in [0.25, 0.3) is 27.5 Å². The summed E-state index contributed by atoms with van der Waals surface area (Å²) in [6.45, 7) is 0. The van der Waals surface area contributed by atoms with Gasteiger partial charge in [-0.05, 0) is 35.9 Å². The molecule has 0 fully saturated rings. The number of rotatable bonds is 2. The van der Waals surface area contributed by atoms with E-state index in [0.717, 1.165) is 16.5 Å². The number of aromatic amines is 1. The summed E-state index contributed by atoms with van der Waals surface area (Å²) in [5, 5.41) is 4.73. The minimum Gasteiger partial charge on any atom is -0.361 e. The Morgan fingerprint density at radius 3 is 2.52 bits per heavy atom. The first-order valence-corrected chi connectivity index (χ1v) is 10.2. The molecule has 2 aromatic heterocycles. The number of nitrogens with zero attached hydrogens (tertiary/aromatic N) is 2. The van der Waals surface area contributed by atoms with Crippen molar-refractivity contribution in [3.63, 3.8) is 0 Å². The molecule has 1 unspecified atom stereocenters. The molecular formula is C25H18N4O2. The van der Waals surface area contributed by atoms with Gasteiger partial charge in [0, 0.05) is 23.5 Å².